The van der Waals surface area contributed by atoms with Gasteiger partial charge in [-0.3, -0.25) is 14.4 Å². The molecule has 21 heavy (non-hydrogen) atoms. The number of nitrogens with one attached hydrogen (secondary N) is 1. The predicted molar refractivity (Wildman–Crippen MR) is 73.3 cm³/mol. The molecule has 0 aromatic heterocycles. The standard InChI is InChI=1S/C14H21N3O4/c18-12-4-3-10(15-12)13(19)16-5-7-17(8-6-16)14(20)11-2-1-9-21-11/h10-11H,1-9H2,(H,15,18). The van der Waals surface area contributed by atoms with E-state index in [-0.39, 0.29) is 29.9 Å². The highest BCUT2D eigenvalue weighted by molar-refractivity contribution is 5.91. The van der Waals surface area contributed by atoms with E-state index in [2.05, 4.69) is 5.32 Å². The molecule has 1 N–H and O–H groups in total. The third-order valence-electron chi connectivity index (χ3n) is 4.40. The first-order chi connectivity index (χ1) is 10.1. The topological polar surface area (TPSA) is 79.0 Å². The van der Waals surface area contributed by atoms with Crippen LogP contribution in [-0.4, -0.2) is 72.5 Å². The maximum absolute atomic E-state index is 12.3. The molecule has 7 nitrogen and oxygen atoms in total. The average molecular weight is 295 g/mol. The van der Waals surface area contributed by atoms with Crippen molar-refractivity contribution < 1.29 is 19.1 Å². The van der Waals surface area contributed by atoms with Gasteiger partial charge in [0.05, 0.1) is 0 Å². The summed E-state index contributed by atoms with van der Waals surface area (Å²) in [5.74, 6) is -0.0284. The van der Waals surface area contributed by atoms with E-state index in [0.29, 0.717) is 45.6 Å². The van der Waals surface area contributed by atoms with Crippen molar-refractivity contribution in [3.8, 4) is 0 Å². The molecule has 0 aliphatic carbocycles. The molecule has 3 fully saturated rings. The van der Waals surface area contributed by atoms with Gasteiger partial charge in [-0.25, -0.2) is 0 Å². The number of hydrogen-bond acceptors (Lipinski definition) is 4. The predicted octanol–water partition coefficient (Wildman–Crippen LogP) is -0.885. The summed E-state index contributed by atoms with van der Waals surface area (Å²) in [4.78, 5) is 39.2. The minimum atomic E-state index is -0.377. The van der Waals surface area contributed by atoms with Crippen LogP contribution in [0.3, 0.4) is 0 Å². The summed E-state index contributed by atoms with van der Waals surface area (Å²) in [6.07, 6.45) is 2.45. The van der Waals surface area contributed by atoms with Crippen LogP contribution in [0.25, 0.3) is 0 Å². The van der Waals surface area contributed by atoms with Gasteiger partial charge in [0, 0.05) is 39.2 Å². The molecular weight excluding hydrogens is 274 g/mol. The monoisotopic (exact) mass is 295 g/mol. The lowest BCUT2D eigenvalue weighted by Crippen LogP contribution is -2.55. The lowest BCUT2D eigenvalue weighted by Gasteiger charge is -2.36. The molecule has 2 unspecified atom stereocenters. The van der Waals surface area contributed by atoms with Crippen molar-refractivity contribution in [1.29, 1.82) is 0 Å². The highest BCUT2D eigenvalue weighted by atomic mass is 16.5. The zero-order valence-electron chi connectivity index (χ0n) is 12.0. The Bertz CT molecular complexity index is 440. The van der Waals surface area contributed by atoms with Crippen LogP contribution in [0, 0.1) is 0 Å². The number of rotatable bonds is 2. The number of hydrogen-bond donors (Lipinski definition) is 1. The summed E-state index contributed by atoms with van der Waals surface area (Å²) in [6, 6.07) is -0.377. The molecule has 3 aliphatic heterocycles. The van der Waals surface area contributed by atoms with Gasteiger partial charge in [-0.1, -0.05) is 0 Å². The van der Waals surface area contributed by atoms with Crippen LogP contribution in [-0.2, 0) is 19.1 Å². The summed E-state index contributed by atoms with van der Waals surface area (Å²) in [5, 5.41) is 2.70. The Hall–Kier alpha value is -1.63. The molecule has 3 rings (SSSR count). The molecule has 7 heteroatoms. The Morgan fingerprint density at radius 1 is 1.05 bits per heavy atom. The van der Waals surface area contributed by atoms with Crippen molar-refractivity contribution in [1.82, 2.24) is 15.1 Å². The number of nitrogens with zero attached hydrogens (tertiary/aromatic N) is 2. The first-order valence-corrected chi connectivity index (χ1v) is 7.63. The Morgan fingerprint density at radius 3 is 2.24 bits per heavy atom. The van der Waals surface area contributed by atoms with Crippen LogP contribution < -0.4 is 5.32 Å². The van der Waals surface area contributed by atoms with Crippen molar-refractivity contribution in [2.45, 2.75) is 37.8 Å². The highest BCUT2D eigenvalue weighted by Crippen LogP contribution is 2.17. The molecule has 3 aliphatic rings. The Balaban J connectivity index is 1.49. The maximum Gasteiger partial charge on any atom is 0.251 e. The van der Waals surface area contributed by atoms with Crippen molar-refractivity contribution >= 4 is 17.7 Å². The smallest absolute Gasteiger partial charge is 0.251 e. The van der Waals surface area contributed by atoms with Gasteiger partial charge >= 0.3 is 0 Å². The highest BCUT2D eigenvalue weighted by Gasteiger charge is 2.34. The van der Waals surface area contributed by atoms with Crippen LogP contribution >= 0.6 is 0 Å². The summed E-state index contributed by atoms with van der Waals surface area (Å²) in [7, 11) is 0. The van der Waals surface area contributed by atoms with E-state index in [1.165, 1.54) is 0 Å². The summed E-state index contributed by atoms with van der Waals surface area (Å²) >= 11 is 0. The van der Waals surface area contributed by atoms with Crippen LogP contribution in [0.5, 0.6) is 0 Å². The molecule has 3 heterocycles. The first kappa shape index (κ1) is 14.3. The summed E-state index contributed by atoms with van der Waals surface area (Å²) in [5.41, 5.74) is 0. The lowest BCUT2D eigenvalue weighted by molar-refractivity contribution is -0.146. The Kier molecular flexibility index (Phi) is 4.10. The van der Waals surface area contributed by atoms with E-state index in [9.17, 15) is 14.4 Å². The summed E-state index contributed by atoms with van der Waals surface area (Å²) in [6.45, 7) is 2.82. The molecule has 0 spiro atoms. The molecule has 0 aromatic rings. The molecule has 3 amide bonds. The summed E-state index contributed by atoms with van der Waals surface area (Å²) < 4.78 is 5.42. The van der Waals surface area contributed by atoms with Crippen LogP contribution in [0.15, 0.2) is 0 Å². The van der Waals surface area contributed by atoms with Gasteiger partial charge in [0.1, 0.15) is 12.1 Å². The molecule has 0 aromatic carbocycles. The molecule has 116 valence electrons. The van der Waals surface area contributed by atoms with Crippen molar-refractivity contribution in [2.24, 2.45) is 0 Å². The quantitative estimate of drug-likeness (QED) is 0.717. The number of piperazine rings is 1. The molecule has 3 saturated heterocycles. The second-order valence-corrected chi connectivity index (χ2v) is 5.81. The SMILES string of the molecule is O=C1CCC(C(=O)N2CCN(C(=O)C3CCCO3)CC2)N1. The van der Waals surface area contributed by atoms with Gasteiger partial charge in [-0.15, -0.1) is 0 Å². The minimum absolute atomic E-state index is 0.0231. The Labute approximate surface area is 123 Å². The molecular formula is C14H21N3O4. The first-order valence-electron chi connectivity index (χ1n) is 7.63. The number of carbonyl (C=O) groups is 3. The van der Waals surface area contributed by atoms with Gasteiger partial charge in [-0.2, -0.15) is 0 Å². The average Bonchev–Trinajstić information content (AvgIpc) is 3.17. The minimum Gasteiger partial charge on any atom is -0.368 e. The molecule has 0 radical (unpaired) electrons. The van der Waals surface area contributed by atoms with E-state index in [1.807, 2.05) is 0 Å². The lowest BCUT2D eigenvalue weighted by atomic mass is 10.1. The van der Waals surface area contributed by atoms with Gasteiger partial charge in [-0.05, 0) is 19.3 Å². The van der Waals surface area contributed by atoms with Crippen LogP contribution in [0.4, 0.5) is 0 Å². The van der Waals surface area contributed by atoms with E-state index in [0.717, 1.165) is 12.8 Å². The van der Waals surface area contributed by atoms with Gasteiger partial charge in [0.25, 0.3) is 5.91 Å². The van der Waals surface area contributed by atoms with E-state index >= 15 is 0 Å². The normalized spacial score (nSPS) is 29.6. The maximum atomic E-state index is 12.3. The van der Waals surface area contributed by atoms with E-state index < -0.39 is 0 Å². The third-order valence-corrected chi connectivity index (χ3v) is 4.40. The zero-order valence-corrected chi connectivity index (χ0v) is 12.0. The zero-order chi connectivity index (χ0) is 14.8. The number of carbonyl (C=O) groups excluding carboxylic acids is 3. The fourth-order valence-corrected chi connectivity index (χ4v) is 3.14. The molecule has 2 atom stereocenters. The van der Waals surface area contributed by atoms with E-state index in [4.69, 9.17) is 4.74 Å². The van der Waals surface area contributed by atoms with Crippen molar-refractivity contribution in [2.75, 3.05) is 32.8 Å². The second-order valence-electron chi connectivity index (χ2n) is 5.81. The Morgan fingerprint density at radius 2 is 1.71 bits per heavy atom. The molecule has 0 saturated carbocycles. The van der Waals surface area contributed by atoms with Crippen LogP contribution in [0.2, 0.25) is 0 Å². The van der Waals surface area contributed by atoms with Crippen LogP contribution in [0.1, 0.15) is 25.7 Å². The van der Waals surface area contributed by atoms with Gasteiger partial charge in [0.15, 0.2) is 0 Å². The second kappa shape index (κ2) is 6.01. The van der Waals surface area contributed by atoms with Gasteiger partial charge < -0.3 is 19.9 Å². The largest absolute Gasteiger partial charge is 0.368 e. The molecule has 0 bridgehead atoms. The third kappa shape index (κ3) is 3.02. The fourth-order valence-electron chi connectivity index (χ4n) is 3.14. The fraction of sp³-hybridized carbons (Fsp3) is 0.786. The van der Waals surface area contributed by atoms with Crippen molar-refractivity contribution in [3.63, 3.8) is 0 Å². The van der Waals surface area contributed by atoms with Gasteiger partial charge in [0.2, 0.25) is 11.8 Å². The van der Waals surface area contributed by atoms with Crippen molar-refractivity contribution in [3.05, 3.63) is 0 Å². The number of ether oxygens (including phenoxy) is 1. The number of amides is 3. The van der Waals surface area contributed by atoms with E-state index in [1.54, 1.807) is 9.80 Å².